The Morgan fingerprint density at radius 2 is 1.77 bits per heavy atom. The Kier molecular flexibility index (Phi) is 11.5. The summed E-state index contributed by atoms with van der Waals surface area (Å²) in [5, 5.41) is 9.63. The van der Waals surface area contributed by atoms with Gasteiger partial charge in [-0.1, -0.05) is 30.0 Å². The second-order valence-corrected chi connectivity index (χ2v) is 18.1. The maximum Gasteiger partial charge on any atom is 0.508 e. The van der Waals surface area contributed by atoms with Gasteiger partial charge in [0.15, 0.2) is 27.9 Å². The van der Waals surface area contributed by atoms with Crippen LogP contribution < -0.4 is 4.90 Å². The molecule has 14 nitrogen and oxygen atoms in total. The van der Waals surface area contributed by atoms with Crippen molar-refractivity contribution in [2.75, 3.05) is 23.9 Å². The third-order valence-electron chi connectivity index (χ3n) is 8.72. The lowest BCUT2D eigenvalue weighted by Crippen LogP contribution is -2.39. The zero-order valence-corrected chi connectivity index (χ0v) is 34.5. The van der Waals surface area contributed by atoms with Crippen LogP contribution in [-0.2, 0) is 28.4 Å². The smallest absolute Gasteiger partial charge is 0.443 e. The molecule has 1 amide bonds. The highest BCUT2D eigenvalue weighted by Crippen LogP contribution is 2.49. The van der Waals surface area contributed by atoms with Crippen molar-refractivity contribution in [1.29, 1.82) is 0 Å². The fraction of sp³-hybridized carbons (Fsp3) is 0.667. The zero-order chi connectivity index (χ0) is 38.5. The second kappa shape index (κ2) is 15.3. The van der Waals surface area contributed by atoms with E-state index in [1.807, 2.05) is 42.5 Å². The Labute approximate surface area is 326 Å². The molecule has 17 heteroatoms. The normalized spacial score (nSPS) is 25.0. The van der Waals surface area contributed by atoms with Gasteiger partial charge in [-0.3, -0.25) is 4.90 Å². The van der Waals surface area contributed by atoms with Crippen molar-refractivity contribution in [1.82, 2.24) is 25.0 Å². The molecule has 3 heterocycles. The number of amides is 1. The number of fused-ring (bicyclic) bond motifs is 2. The fourth-order valence-electron chi connectivity index (χ4n) is 6.62. The molecule has 1 aromatic carbocycles. The molecule has 0 bridgehead atoms. The maximum absolute atomic E-state index is 14.7. The van der Waals surface area contributed by atoms with E-state index in [4.69, 9.17) is 38.4 Å². The predicted octanol–water partition coefficient (Wildman–Crippen LogP) is 7.57. The van der Waals surface area contributed by atoms with Crippen LogP contribution in [-0.4, -0.2) is 97.5 Å². The average molecular weight is 871 g/mol. The molecular formula is C36H48FIN6O8S. The number of nitrogens with zero attached hydrogens (tertiary/aromatic N) is 6. The molecule has 3 aromatic rings. The summed E-state index contributed by atoms with van der Waals surface area (Å²) >= 11 is 3.43. The molecule has 6 atom stereocenters. The van der Waals surface area contributed by atoms with Crippen LogP contribution in [0.15, 0.2) is 23.4 Å². The molecule has 2 saturated carbocycles. The van der Waals surface area contributed by atoms with Crippen LogP contribution in [0, 0.1) is 9.39 Å². The summed E-state index contributed by atoms with van der Waals surface area (Å²) in [6.45, 7) is 16.6. The Hall–Kier alpha value is -2.87. The number of rotatable bonds is 11. The highest BCUT2D eigenvalue weighted by atomic mass is 127. The maximum atomic E-state index is 14.7. The Morgan fingerprint density at radius 3 is 2.45 bits per heavy atom. The predicted molar refractivity (Wildman–Crippen MR) is 203 cm³/mol. The first-order chi connectivity index (χ1) is 24.8. The molecule has 1 aliphatic heterocycles. The summed E-state index contributed by atoms with van der Waals surface area (Å²) in [5.41, 5.74) is 0.0630. The number of benzene rings is 1. The van der Waals surface area contributed by atoms with Crippen LogP contribution >= 0.6 is 34.4 Å². The molecule has 0 spiro atoms. The van der Waals surface area contributed by atoms with E-state index in [0.29, 0.717) is 32.7 Å². The fourth-order valence-corrected chi connectivity index (χ4v) is 7.64. The van der Waals surface area contributed by atoms with E-state index in [9.17, 15) is 14.0 Å². The average Bonchev–Trinajstić information content (AvgIpc) is 3.43. The topological polar surface area (TPSA) is 149 Å². The highest BCUT2D eigenvalue weighted by Gasteiger charge is 2.56. The second-order valence-electron chi connectivity index (χ2n) is 15.9. The van der Waals surface area contributed by atoms with Crippen LogP contribution in [0.5, 0.6) is 0 Å². The van der Waals surface area contributed by atoms with Gasteiger partial charge in [-0.2, -0.15) is 0 Å². The molecule has 6 rings (SSSR count). The molecule has 0 N–H and O–H groups in total. The molecule has 0 unspecified atom stereocenters. The molecule has 3 aliphatic rings. The van der Waals surface area contributed by atoms with Crippen molar-refractivity contribution < 1.29 is 42.4 Å². The first-order valence-electron chi connectivity index (χ1n) is 17.9. The molecular weight excluding hydrogens is 822 g/mol. The van der Waals surface area contributed by atoms with Crippen molar-refractivity contribution in [3.8, 4) is 0 Å². The van der Waals surface area contributed by atoms with Crippen molar-refractivity contribution in [2.24, 2.45) is 0 Å². The van der Waals surface area contributed by atoms with Crippen molar-refractivity contribution in [2.45, 2.75) is 140 Å². The number of ether oxygens (including phenoxy) is 6. The largest absolute Gasteiger partial charge is 0.508 e. The first kappa shape index (κ1) is 39.8. The number of anilines is 1. The zero-order valence-electron chi connectivity index (χ0n) is 31.6. The number of carbonyl (C=O) groups excluding carboxylic acids is 2. The lowest BCUT2D eigenvalue weighted by atomic mass is 10.1. The van der Waals surface area contributed by atoms with Crippen LogP contribution in [0.3, 0.4) is 0 Å². The van der Waals surface area contributed by atoms with E-state index < -0.39 is 53.6 Å². The van der Waals surface area contributed by atoms with Gasteiger partial charge in [-0.05, 0) is 109 Å². The molecule has 0 radical (unpaired) electrons. The number of carbonyl (C=O) groups is 2. The molecule has 2 aromatic heterocycles. The van der Waals surface area contributed by atoms with Gasteiger partial charge in [0.1, 0.15) is 35.8 Å². The summed E-state index contributed by atoms with van der Waals surface area (Å²) in [5.74, 6) is -0.326. The molecule has 2 aliphatic carbocycles. The third-order valence-corrected chi connectivity index (χ3v) is 10.6. The van der Waals surface area contributed by atoms with Gasteiger partial charge in [-0.25, -0.2) is 28.6 Å². The van der Waals surface area contributed by atoms with Crippen LogP contribution in [0.4, 0.5) is 19.8 Å². The summed E-state index contributed by atoms with van der Waals surface area (Å²) in [6, 6.07) is 4.38. The monoisotopic (exact) mass is 870 g/mol. The SMILES string of the molecule is CCCSc1nc(N(C(=O)OC(C)(C)C)[C@@H]2C[C@H]2c2ccc(I)c(F)c2)c2nnn([C@@H]3C[C@H](OCCOC(=O)OC(C)(C)C)[C@H]4OC(C)(C)O[C@H]43)c2n1. The number of hydrogen-bond acceptors (Lipinski definition) is 13. The Bertz CT molecular complexity index is 1830. The Balaban J connectivity index is 1.33. The van der Waals surface area contributed by atoms with Crippen LogP contribution in [0.2, 0.25) is 0 Å². The lowest BCUT2D eigenvalue weighted by Gasteiger charge is -2.27. The lowest BCUT2D eigenvalue weighted by molar-refractivity contribution is -0.171. The van der Waals surface area contributed by atoms with Gasteiger partial charge in [0.05, 0.1) is 18.8 Å². The highest BCUT2D eigenvalue weighted by molar-refractivity contribution is 14.1. The molecule has 290 valence electrons. The summed E-state index contributed by atoms with van der Waals surface area (Å²) in [7, 11) is 0. The summed E-state index contributed by atoms with van der Waals surface area (Å²) < 4.78 is 52.2. The van der Waals surface area contributed by atoms with E-state index in [-0.39, 0.29) is 36.8 Å². The van der Waals surface area contributed by atoms with E-state index in [1.165, 1.54) is 22.7 Å². The number of aromatic nitrogens is 5. The summed E-state index contributed by atoms with van der Waals surface area (Å²) in [4.78, 5) is 37.5. The van der Waals surface area contributed by atoms with Crippen molar-refractivity contribution in [3.05, 3.63) is 33.1 Å². The minimum Gasteiger partial charge on any atom is -0.443 e. The minimum atomic E-state index is -0.898. The van der Waals surface area contributed by atoms with E-state index in [2.05, 4.69) is 17.2 Å². The summed E-state index contributed by atoms with van der Waals surface area (Å²) in [6.07, 6.45) is -0.812. The van der Waals surface area contributed by atoms with E-state index in [1.54, 1.807) is 52.3 Å². The van der Waals surface area contributed by atoms with Crippen LogP contribution in [0.1, 0.15) is 99.1 Å². The Morgan fingerprint density at radius 1 is 1.06 bits per heavy atom. The van der Waals surface area contributed by atoms with Gasteiger partial charge in [0, 0.05) is 27.7 Å². The molecule has 3 fully saturated rings. The minimum absolute atomic E-state index is 0.00388. The number of hydrogen-bond donors (Lipinski definition) is 0. The van der Waals surface area contributed by atoms with Crippen LogP contribution in [0.25, 0.3) is 11.2 Å². The van der Waals surface area contributed by atoms with Gasteiger partial charge in [0.2, 0.25) is 0 Å². The van der Waals surface area contributed by atoms with Gasteiger partial charge < -0.3 is 28.4 Å². The number of halogens is 2. The third kappa shape index (κ3) is 9.33. The van der Waals surface area contributed by atoms with Crippen molar-refractivity contribution >= 4 is 63.6 Å². The quantitative estimate of drug-likeness (QED) is 0.0614. The first-order valence-corrected chi connectivity index (χ1v) is 20.0. The van der Waals surface area contributed by atoms with Crippen molar-refractivity contribution in [3.63, 3.8) is 0 Å². The van der Waals surface area contributed by atoms with E-state index >= 15 is 0 Å². The van der Waals surface area contributed by atoms with Gasteiger partial charge in [-0.15, -0.1) is 5.10 Å². The standard InChI is InChI=1S/C36H48FIN6O8S/c1-10-15-53-31-39-29(43(32(45)51-34(2,3)4)23-17-20(23)19-11-12-22(38)21(37)16-19)26-30(40-31)44(42-41-26)24-18-25(28-27(24)49-36(8,9)50-28)47-13-14-48-33(46)52-35(5,6)7/h11-12,16,20,23-25,27-28H,10,13-15,17-18H2,1-9H3/t20-,23+,24+,25-,27-,28+/m0/s1. The molecule has 53 heavy (non-hydrogen) atoms. The molecule has 1 saturated heterocycles. The van der Waals surface area contributed by atoms with Gasteiger partial charge >= 0.3 is 12.2 Å². The van der Waals surface area contributed by atoms with E-state index in [0.717, 1.165) is 17.7 Å². The number of thioether (sulfide) groups is 1. The van der Waals surface area contributed by atoms with Gasteiger partial charge in [0.25, 0.3) is 0 Å².